The lowest BCUT2D eigenvalue weighted by Gasteiger charge is -2.25. The van der Waals surface area contributed by atoms with Gasteiger partial charge in [-0.15, -0.1) is 0 Å². The van der Waals surface area contributed by atoms with Gasteiger partial charge in [-0.3, -0.25) is 9.59 Å². The maximum absolute atomic E-state index is 13.4. The molecule has 188 valence electrons. The van der Waals surface area contributed by atoms with E-state index < -0.39 is 17.7 Å². The first-order chi connectivity index (χ1) is 18.0. The van der Waals surface area contributed by atoms with E-state index in [1.165, 1.54) is 0 Å². The Hall–Kier alpha value is -4.32. The first-order valence-corrected chi connectivity index (χ1v) is 12.4. The van der Waals surface area contributed by atoms with Crippen molar-refractivity contribution in [3.63, 3.8) is 0 Å². The summed E-state index contributed by atoms with van der Waals surface area (Å²) in [6.45, 7) is 6.35. The average molecular weight is 496 g/mol. The molecular formula is C31H29NO5. The normalized spacial score (nSPS) is 20.0. The van der Waals surface area contributed by atoms with E-state index in [1.807, 2.05) is 55.5 Å². The van der Waals surface area contributed by atoms with Gasteiger partial charge < -0.3 is 19.5 Å². The SMILES string of the molecule is C=CCOc1ccc([C@H]2/C(=C(\O)c3ccc4c(c3)C[C@@H](C)O4)C(=O)C(=O)N2CCc2ccccc2)cc1. The van der Waals surface area contributed by atoms with Crippen LogP contribution in [0.25, 0.3) is 5.76 Å². The predicted molar refractivity (Wildman–Crippen MR) is 142 cm³/mol. The highest BCUT2D eigenvalue weighted by atomic mass is 16.5. The topological polar surface area (TPSA) is 76.1 Å². The van der Waals surface area contributed by atoms with Crippen molar-refractivity contribution in [3.8, 4) is 11.5 Å². The van der Waals surface area contributed by atoms with Gasteiger partial charge >= 0.3 is 0 Å². The first-order valence-electron chi connectivity index (χ1n) is 12.4. The minimum Gasteiger partial charge on any atom is -0.507 e. The Balaban J connectivity index is 1.54. The molecule has 3 aromatic carbocycles. The fourth-order valence-corrected chi connectivity index (χ4v) is 4.98. The number of benzene rings is 3. The standard InChI is InChI=1S/C31H29NO5/c1-3-17-36-25-12-9-22(10-13-25)28-27(29(33)23-11-14-26-24(19-23)18-20(2)37-26)30(34)31(35)32(28)16-15-21-7-5-4-6-8-21/h3-14,19-20,28,33H,1,15-18H2,2H3/b29-27+/t20-,28+/m1/s1. The molecule has 1 N–H and O–H groups in total. The maximum atomic E-state index is 13.4. The van der Waals surface area contributed by atoms with Gasteiger partial charge in [0.05, 0.1) is 11.6 Å². The van der Waals surface area contributed by atoms with E-state index in [4.69, 9.17) is 9.47 Å². The Bertz CT molecular complexity index is 1360. The van der Waals surface area contributed by atoms with Gasteiger partial charge in [0.25, 0.3) is 11.7 Å². The molecule has 37 heavy (non-hydrogen) atoms. The minimum absolute atomic E-state index is 0.0535. The van der Waals surface area contributed by atoms with Crippen molar-refractivity contribution in [2.24, 2.45) is 0 Å². The molecule has 1 saturated heterocycles. The van der Waals surface area contributed by atoms with E-state index in [2.05, 4.69) is 6.58 Å². The monoisotopic (exact) mass is 495 g/mol. The molecule has 2 aliphatic heterocycles. The minimum atomic E-state index is -0.722. The molecule has 2 heterocycles. The Kier molecular flexibility index (Phi) is 6.82. The summed E-state index contributed by atoms with van der Waals surface area (Å²) in [4.78, 5) is 28.2. The maximum Gasteiger partial charge on any atom is 0.295 e. The number of carbonyl (C=O) groups excluding carboxylic acids is 2. The van der Waals surface area contributed by atoms with Crippen LogP contribution in [0.2, 0.25) is 0 Å². The number of nitrogens with zero attached hydrogens (tertiary/aromatic N) is 1. The number of ether oxygens (including phenoxy) is 2. The number of hydrogen-bond acceptors (Lipinski definition) is 5. The number of rotatable bonds is 8. The number of likely N-dealkylation sites (tertiary alicyclic amines) is 1. The summed E-state index contributed by atoms with van der Waals surface area (Å²) in [6.07, 6.45) is 3.02. The van der Waals surface area contributed by atoms with Crippen LogP contribution in [0, 0.1) is 0 Å². The first kappa shape index (κ1) is 24.4. The van der Waals surface area contributed by atoms with E-state index >= 15 is 0 Å². The third-order valence-electron chi connectivity index (χ3n) is 6.76. The van der Waals surface area contributed by atoms with Gasteiger partial charge in [-0.25, -0.2) is 0 Å². The van der Waals surface area contributed by atoms with Crippen molar-refractivity contribution in [2.75, 3.05) is 13.2 Å². The van der Waals surface area contributed by atoms with Crippen LogP contribution in [0.4, 0.5) is 0 Å². The highest BCUT2D eigenvalue weighted by Gasteiger charge is 2.46. The van der Waals surface area contributed by atoms with Gasteiger partial charge in [-0.2, -0.15) is 0 Å². The highest BCUT2D eigenvalue weighted by Crippen LogP contribution is 2.41. The molecule has 6 nitrogen and oxygen atoms in total. The number of ketones is 1. The van der Waals surface area contributed by atoms with Crippen LogP contribution in [0.15, 0.2) is 91.0 Å². The average Bonchev–Trinajstić information content (AvgIpc) is 3.42. The molecule has 0 aromatic heterocycles. The van der Waals surface area contributed by atoms with Gasteiger partial charge in [0.2, 0.25) is 0 Å². The van der Waals surface area contributed by atoms with Gasteiger partial charge in [0.15, 0.2) is 0 Å². The molecule has 0 spiro atoms. The predicted octanol–water partition coefficient (Wildman–Crippen LogP) is 5.24. The van der Waals surface area contributed by atoms with Crippen LogP contribution in [0.3, 0.4) is 0 Å². The number of amides is 1. The van der Waals surface area contributed by atoms with Crippen LogP contribution in [0.1, 0.15) is 35.2 Å². The molecule has 1 amide bonds. The summed E-state index contributed by atoms with van der Waals surface area (Å²) in [7, 11) is 0. The van der Waals surface area contributed by atoms with Crippen molar-refractivity contribution in [1.29, 1.82) is 0 Å². The van der Waals surface area contributed by atoms with E-state index in [9.17, 15) is 14.7 Å². The van der Waals surface area contributed by atoms with Gasteiger partial charge in [-0.1, -0.05) is 55.1 Å². The van der Waals surface area contributed by atoms with Crippen molar-refractivity contribution in [1.82, 2.24) is 4.90 Å². The largest absolute Gasteiger partial charge is 0.507 e. The number of aliphatic hydroxyl groups is 1. The number of aliphatic hydroxyl groups excluding tert-OH is 1. The zero-order valence-corrected chi connectivity index (χ0v) is 20.7. The lowest BCUT2D eigenvalue weighted by molar-refractivity contribution is -0.139. The van der Waals surface area contributed by atoms with Crippen molar-refractivity contribution in [3.05, 3.63) is 113 Å². The lowest BCUT2D eigenvalue weighted by Crippen LogP contribution is -2.31. The molecule has 2 atom stereocenters. The second-order valence-corrected chi connectivity index (χ2v) is 9.35. The number of fused-ring (bicyclic) bond motifs is 1. The van der Waals surface area contributed by atoms with E-state index in [0.29, 0.717) is 30.9 Å². The van der Waals surface area contributed by atoms with Crippen LogP contribution >= 0.6 is 0 Å². The number of Topliss-reactive ketones (excluding diaryl/α,β-unsaturated/α-hetero) is 1. The summed E-state index contributed by atoms with van der Waals surface area (Å²) in [5.74, 6) is -0.0585. The van der Waals surface area contributed by atoms with Crippen molar-refractivity contribution in [2.45, 2.75) is 31.9 Å². The van der Waals surface area contributed by atoms with Crippen LogP contribution < -0.4 is 9.47 Å². The van der Waals surface area contributed by atoms with Crippen molar-refractivity contribution >= 4 is 17.4 Å². The number of hydrogen-bond donors (Lipinski definition) is 1. The summed E-state index contributed by atoms with van der Waals surface area (Å²) in [5, 5.41) is 11.4. The van der Waals surface area contributed by atoms with Gasteiger partial charge in [0.1, 0.15) is 30.0 Å². The molecule has 0 aliphatic carbocycles. The van der Waals surface area contributed by atoms with Crippen LogP contribution in [-0.4, -0.2) is 41.0 Å². The van der Waals surface area contributed by atoms with Gasteiger partial charge in [0, 0.05) is 18.5 Å². The van der Waals surface area contributed by atoms with Gasteiger partial charge in [-0.05, 0) is 60.4 Å². The molecule has 2 aliphatic rings. The third kappa shape index (κ3) is 4.87. The third-order valence-corrected chi connectivity index (χ3v) is 6.76. The second-order valence-electron chi connectivity index (χ2n) is 9.35. The molecule has 0 bridgehead atoms. The number of carbonyl (C=O) groups is 2. The second kappa shape index (κ2) is 10.3. The summed E-state index contributed by atoms with van der Waals surface area (Å²) >= 11 is 0. The fraction of sp³-hybridized carbons (Fsp3) is 0.226. The summed E-state index contributed by atoms with van der Waals surface area (Å²) < 4.78 is 11.4. The lowest BCUT2D eigenvalue weighted by atomic mass is 9.94. The summed E-state index contributed by atoms with van der Waals surface area (Å²) in [5.41, 5.74) is 3.33. The molecule has 0 saturated carbocycles. The Morgan fingerprint density at radius 1 is 1.11 bits per heavy atom. The fourth-order valence-electron chi connectivity index (χ4n) is 4.98. The van der Waals surface area contributed by atoms with Crippen LogP contribution in [-0.2, 0) is 22.4 Å². The summed E-state index contributed by atoms with van der Waals surface area (Å²) in [6, 6.07) is 21.7. The Labute approximate surface area is 216 Å². The molecule has 6 heteroatoms. The van der Waals surface area contributed by atoms with E-state index in [-0.39, 0.29) is 17.4 Å². The molecular weight excluding hydrogens is 466 g/mol. The van der Waals surface area contributed by atoms with E-state index in [1.54, 1.807) is 35.2 Å². The van der Waals surface area contributed by atoms with Crippen LogP contribution in [0.5, 0.6) is 11.5 Å². The zero-order chi connectivity index (χ0) is 25.9. The highest BCUT2D eigenvalue weighted by molar-refractivity contribution is 6.46. The smallest absolute Gasteiger partial charge is 0.295 e. The molecule has 5 rings (SSSR count). The zero-order valence-electron chi connectivity index (χ0n) is 20.7. The van der Waals surface area contributed by atoms with Crippen molar-refractivity contribution < 1.29 is 24.2 Å². The quantitative estimate of drug-likeness (QED) is 0.200. The molecule has 1 fully saturated rings. The Morgan fingerprint density at radius 2 is 1.86 bits per heavy atom. The molecule has 0 radical (unpaired) electrons. The van der Waals surface area contributed by atoms with E-state index in [0.717, 1.165) is 28.9 Å². The Morgan fingerprint density at radius 3 is 2.59 bits per heavy atom. The molecule has 0 unspecified atom stereocenters. The molecule has 3 aromatic rings.